The van der Waals surface area contributed by atoms with Gasteiger partial charge < -0.3 is 14.8 Å². The van der Waals surface area contributed by atoms with Crippen LogP contribution in [0.4, 0.5) is 0 Å². The first-order chi connectivity index (χ1) is 11.3. The quantitative estimate of drug-likeness (QED) is 0.938. The Hall–Kier alpha value is -2.01. The third-order valence-electron chi connectivity index (χ3n) is 4.28. The lowest BCUT2D eigenvalue weighted by Crippen LogP contribution is -2.25. The van der Waals surface area contributed by atoms with E-state index in [0.717, 1.165) is 41.2 Å². The molecule has 120 valence electrons. The largest absolute Gasteiger partial charge is 0.486 e. The summed E-state index contributed by atoms with van der Waals surface area (Å²) in [6, 6.07) is 8.03. The van der Waals surface area contributed by atoms with Gasteiger partial charge in [0.1, 0.15) is 13.2 Å². The van der Waals surface area contributed by atoms with Crippen LogP contribution < -0.4 is 14.8 Å². The van der Waals surface area contributed by atoms with Gasteiger partial charge in [-0.15, -0.1) is 11.3 Å². The lowest BCUT2D eigenvalue weighted by molar-refractivity contribution is 0.0958. The first kappa shape index (κ1) is 14.6. The minimum atomic E-state index is 0.0435. The van der Waals surface area contributed by atoms with E-state index in [1.165, 1.54) is 16.9 Å². The van der Waals surface area contributed by atoms with Crippen molar-refractivity contribution < 1.29 is 14.3 Å². The second-order valence-corrected chi connectivity index (χ2v) is 7.03. The van der Waals surface area contributed by atoms with Crippen molar-refractivity contribution in [2.45, 2.75) is 25.7 Å². The highest BCUT2D eigenvalue weighted by molar-refractivity contribution is 7.14. The lowest BCUT2D eigenvalue weighted by Gasteiger charge is -2.18. The summed E-state index contributed by atoms with van der Waals surface area (Å²) in [5.41, 5.74) is 2.51. The number of aryl methyl sites for hydroxylation is 2. The van der Waals surface area contributed by atoms with Gasteiger partial charge in [-0.3, -0.25) is 4.79 Å². The zero-order valence-electron chi connectivity index (χ0n) is 12.9. The molecule has 4 rings (SSSR count). The van der Waals surface area contributed by atoms with E-state index in [9.17, 15) is 4.79 Å². The summed E-state index contributed by atoms with van der Waals surface area (Å²) in [4.78, 5) is 14.5. The van der Waals surface area contributed by atoms with E-state index in [-0.39, 0.29) is 5.91 Å². The van der Waals surface area contributed by atoms with Gasteiger partial charge in [0.25, 0.3) is 5.91 Å². The third kappa shape index (κ3) is 3.06. The SMILES string of the molecule is O=C(NCCc1ccc2c(c1)OCCO2)c1cc2c(s1)CCC2. The van der Waals surface area contributed by atoms with Crippen molar-refractivity contribution in [1.82, 2.24) is 5.32 Å². The number of thiophene rings is 1. The average Bonchev–Trinajstić information content (AvgIpc) is 3.16. The summed E-state index contributed by atoms with van der Waals surface area (Å²) in [5, 5.41) is 3.02. The Morgan fingerprint density at radius 3 is 2.87 bits per heavy atom. The Bertz CT molecular complexity index is 716. The summed E-state index contributed by atoms with van der Waals surface area (Å²) in [6.07, 6.45) is 4.27. The molecule has 5 heteroatoms. The molecule has 0 atom stereocenters. The molecule has 2 aromatic rings. The molecule has 1 aromatic heterocycles. The fourth-order valence-electron chi connectivity index (χ4n) is 3.09. The molecular weight excluding hydrogens is 310 g/mol. The molecule has 0 unspecified atom stereocenters. The summed E-state index contributed by atoms with van der Waals surface area (Å²) < 4.78 is 11.1. The van der Waals surface area contributed by atoms with Gasteiger partial charge in [-0.2, -0.15) is 0 Å². The molecule has 0 fully saturated rings. The summed E-state index contributed by atoms with van der Waals surface area (Å²) >= 11 is 1.65. The maximum Gasteiger partial charge on any atom is 0.261 e. The van der Waals surface area contributed by atoms with Gasteiger partial charge in [-0.05, 0) is 55.0 Å². The molecular formula is C18H19NO3S. The average molecular weight is 329 g/mol. The molecule has 0 radical (unpaired) electrons. The van der Waals surface area contributed by atoms with Crippen LogP contribution in [0, 0.1) is 0 Å². The van der Waals surface area contributed by atoms with Crippen LogP contribution in [0.3, 0.4) is 0 Å². The van der Waals surface area contributed by atoms with Gasteiger partial charge in [0.2, 0.25) is 0 Å². The Morgan fingerprint density at radius 2 is 2.00 bits per heavy atom. The van der Waals surface area contributed by atoms with Crippen LogP contribution in [-0.2, 0) is 19.3 Å². The first-order valence-corrected chi connectivity index (χ1v) is 8.89. The van der Waals surface area contributed by atoms with Crippen LogP contribution in [0.15, 0.2) is 24.3 Å². The fraction of sp³-hybridized carbons (Fsp3) is 0.389. The molecule has 1 aromatic carbocycles. The second kappa shape index (κ2) is 6.24. The van der Waals surface area contributed by atoms with Crippen molar-refractivity contribution in [2.75, 3.05) is 19.8 Å². The van der Waals surface area contributed by atoms with Crippen molar-refractivity contribution in [2.24, 2.45) is 0 Å². The standard InChI is InChI=1S/C18H19NO3S/c20-18(17-11-13-2-1-3-16(13)23-17)19-7-6-12-4-5-14-15(10-12)22-9-8-21-14/h4-5,10-11H,1-3,6-9H2,(H,19,20). The van der Waals surface area contributed by atoms with E-state index in [1.54, 1.807) is 11.3 Å². The summed E-state index contributed by atoms with van der Waals surface area (Å²) in [7, 11) is 0. The van der Waals surface area contributed by atoms with Crippen LogP contribution in [0.2, 0.25) is 0 Å². The molecule has 0 bridgehead atoms. The molecule has 1 aliphatic carbocycles. The number of nitrogens with one attached hydrogen (secondary N) is 1. The summed E-state index contributed by atoms with van der Waals surface area (Å²) in [5.74, 6) is 1.65. The number of carbonyl (C=O) groups excluding carboxylic acids is 1. The van der Waals surface area contributed by atoms with Gasteiger partial charge in [-0.25, -0.2) is 0 Å². The van der Waals surface area contributed by atoms with Gasteiger partial charge >= 0.3 is 0 Å². The molecule has 0 saturated heterocycles. The van der Waals surface area contributed by atoms with Crippen LogP contribution in [0.25, 0.3) is 0 Å². The van der Waals surface area contributed by atoms with Crippen molar-refractivity contribution >= 4 is 17.2 Å². The fourth-order valence-corrected chi connectivity index (χ4v) is 4.26. The smallest absolute Gasteiger partial charge is 0.261 e. The third-order valence-corrected chi connectivity index (χ3v) is 5.51. The topological polar surface area (TPSA) is 47.6 Å². The van der Waals surface area contributed by atoms with Crippen LogP contribution in [-0.4, -0.2) is 25.7 Å². The molecule has 1 N–H and O–H groups in total. The summed E-state index contributed by atoms with van der Waals surface area (Å²) in [6.45, 7) is 1.82. The zero-order valence-corrected chi connectivity index (χ0v) is 13.7. The minimum absolute atomic E-state index is 0.0435. The Kier molecular flexibility index (Phi) is 3.95. The zero-order chi connectivity index (χ0) is 15.6. The van der Waals surface area contributed by atoms with Crippen LogP contribution >= 0.6 is 11.3 Å². The molecule has 2 heterocycles. The van der Waals surface area contributed by atoms with Gasteiger partial charge in [0, 0.05) is 11.4 Å². The maximum atomic E-state index is 12.2. The first-order valence-electron chi connectivity index (χ1n) is 8.08. The predicted molar refractivity (Wildman–Crippen MR) is 89.8 cm³/mol. The monoisotopic (exact) mass is 329 g/mol. The number of ether oxygens (including phenoxy) is 2. The van der Waals surface area contributed by atoms with Gasteiger partial charge in [0.05, 0.1) is 4.88 Å². The van der Waals surface area contributed by atoms with Crippen molar-refractivity contribution in [3.05, 3.63) is 45.1 Å². The highest BCUT2D eigenvalue weighted by Crippen LogP contribution is 2.31. The van der Waals surface area contributed by atoms with Gasteiger partial charge in [0.15, 0.2) is 11.5 Å². The Morgan fingerprint density at radius 1 is 1.13 bits per heavy atom. The van der Waals surface area contributed by atoms with E-state index in [4.69, 9.17) is 9.47 Å². The Balaban J connectivity index is 1.33. The molecule has 0 spiro atoms. The molecule has 0 saturated carbocycles. The van der Waals surface area contributed by atoms with E-state index >= 15 is 0 Å². The van der Waals surface area contributed by atoms with Crippen molar-refractivity contribution in [3.8, 4) is 11.5 Å². The number of amides is 1. The molecule has 23 heavy (non-hydrogen) atoms. The molecule has 1 aliphatic heterocycles. The van der Waals surface area contributed by atoms with Crippen molar-refractivity contribution in [1.29, 1.82) is 0 Å². The number of benzene rings is 1. The van der Waals surface area contributed by atoms with E-state index in [0.29, 0.717) is 19.8 Å². The predicted octanol–water partition coefficient (Wildman–Crippen LogP) is 2.98. The molecule has 2 aliphatic rings. The normalized spacial score (nSPS) is 15.3. The number of rotatable bonds is 4. The van der Waals surface area contributed by atoms with Crippen LogP contribution in [0.5, 0.6) is 11.5 Å². The van der Waals surface area contributed by atoms with Crippen LogP contribution in [0.1, 0.15) is 32.1 Å². The van der Waals surface area contributed by atoms with E-state index < -0.39 is 0 Å². The Labute approximate surface area is 139 Å². The molecule has 4 nitrogen and oxygen atoms in total. The van der Waals surface area contributed by atoms with Crippen molar-refractivity contribution in [3.63, 3.8) is 0 Å². The molecule has 1 amide bonds. The highest BCUT2D eigenvalue weighted by Gasteiger charge is 2.18. The number of fused-ring (bicyclic) bond motifs is 2. The van der Waals surface area contributed by atoms with Gasteiger partial charge in [-0.1, -0.05) is 6.07 Å². The second-order valence-electron chi connectivity index (χ2n) is 5.90. The van der Waals surface area contributed by atoms with E-state index in [1.807, 2.05) is 18.2 Å². The number of hydrogen-bond acceptors (Lipinski definition) is 4. The maximum absolute atomic E-state index is 12.2. The van der Waals surface area contributed by atoms with E-state index in [2.05, 4.69) is 11.4 Å². The number of carbonyl (C=O) groups is 1. The number of hydrogen-bond donors (Lipinski definition) is 1. The lowest BCUT2D eigenvalue weighted by atomic mass is 10.1. The highest BCUT2D eigenvalue weighted by atomic mass is 32.1. The minimum Gasteiger partial charge on any atom is -0.486 e.